The van der Waals surface area contributed by atoms with Crippen LogP contribution in [0.1, 0.15) is 33.0 Å². The molecule has 1 unspecified atom stereocenters. The van der Waals surface area contributed by atoms with Crippen LogP contribution in [0.4, 0.5) is 0 Å². The Hall–Kier alpha value is -0.440. The minimum atomic E-state index is 0.210. The highest BCUT2D eigenvalue weighted by molar-refractivity contribution is 9.09. The van der Waals surface area contributed by atoms with Gasteiger partial charge in [-0.3, -0.25) is 0 Å². The fraction of sp³-hybridized carbons (Fsp3) is 0.333. The Morgan fingerprint density at radius 2 is 1.79 bits per heavy atom. The normalized spacial score (nSPS) is 12.7. The van der Waals surface area contributed by atoms with E-state index in [9.17, 15) is 0 Å². The number of halogens is 3. The lowest BCUT2D eigenvalue weighted by molar-refractivity contribution is 0.499. The zero-order chi connectivity index (χ0) is 14.2. The molecule has 4 heteroatoms. The van der Waals surface area contributed by atoms with Crippen molar-refractivity contribution in [1.82, 2.24) is 0 Å². The summed E-state index contributed by atoms with van der Waals surface area (Å²) in [5, 5.41) is 1.18. The van der Waals surface area contributed by atoms with Crippen LogP contribution in [0.15, 0.2) is 22.6 Å². The van der Waals surface area contributed by atoms with Crippen molar-refractivity contribution in [3.8, 4) is 0 Å². The molecule has 1 aromatic heterocycles. The topological polar surface area (TPSA) is 13.1 Å². The standard InChI is InChI=1S/C15H15BrCl2O/c1-8-9(2)19-10(3)15(8)12(16)6-11-4-5-13(17)14(18)7-11/h4-5,7,12H,6H2,1-3H3. The smallest absolute Gasteiger partial charge is 0.105 e. The molecule has 2 rings (SSSR count). The molecule has 0 N–H and O–H groups in total. The zero-order valence-electron chi connectivity index (χ0n) is 11.1. The summed E-state index contributed by atoms with van der Waals surface area (Å²) in [5.74, 6) is 1.95. The summed E-state index contributed by atoms with van der Waals surface area (Å²) in [6.45, 7) is 6.08. The molecule has 2 aromatic rings. The average molecular weight is 362 g/mol. The number of hydrogen-bond donors (Lipinski definition) is 0. The van der Waals surface area contributed by atoms with Crippen LogP contribution in [0, 0.1) is 20.8 Å². The van der Waals surface area contributed by atoms with Crippen molar-refractivity contribution in [3.63, 3.8) is 0 Å². The summed E-state index contributed by atoms with van der Waals surface area (Å²) in [4.78, 5) is 0.210. The van der Waals surface area contributed by atoms with Crippen LogP contribution in [0.3, 0.4) is 0 Å². The van der Waals surface area contributed by atoms with Gasteiger partial charge in [0, 0.05) is 10.4 Å². The van der Waals surface area contributed by atoms with Gasteiger partial charge in [0.2, 0.25) is 0 Å². The first-order chi connectivity index (χ1) is 8.90. The highest BCUT2D eigenvalue weighted by Crippen LogP contribution is 2.35. The summed E-state index contributed by atoms with van der Waals surface area (Å²) in [5.41, 5.74) is 3.58. The van der Waals surface area contributed by atoms with Crippen LogP contribution in [-0.2, 0) is 6.42 Å². The first kappa shape index (κ1) is 15.0. The fourth-order valence-corrected chi connectivity index (χ4v) is 3.61. The second kappa shape index (κ2) is 5.90. The van der Waals surface area contributed by atoms with Gasteiger partial charge in [-0.05, 0) is 50.5 Å². The summed E-state index contributed by atoms with van der Waals surface area (Å²) in [6.07, 6.45) is 0.845. The predicted molar refractivity (Wildman–Crippen MR) is 84.8 cm³/mol. The van der Waals surface area contributed by atoms with E-state index in [0.717, 1.165) is 23.5 Å². The second-order valence-electron chi connectivity index (χ2n) is 4.67. The van der Waals surface area contributed by atoms with Gasteiger partial charge in [0.15, 0.2) is 0 Å². The largest absolute Gasteiger partial charge is 0.466 e. The van der Waals surface area contributed by atoms with E-state index in [-0.39, 0.29) is 4.83 Å². The minimum Gasteiger partial charge on any atom is -0.466 e. The van der Waals surface area contributed by atoms with Crippen molar-refractivity contribution in [2.24, 2.45) is 0 Å². The minimum absolute atomic E-state index is 0.210. The molecule has 102 valence electrons. The number of rotatable bonds is 3. The van der Waals surface area contributed by atoms with Crippen LogP contribution < -0.4 is 0 Å². The van der Waals surface area contributed by atoms with Crippen molar-refractivity contribution in [2.45, 2.75) is 32.0 Å². The maximum Gasteiger partial charge on any atom is 0.105 e. The van der Waals surface area contributed by atoms with Gasteiger partial charge in [0.1, 0.15) is 11.5 Å². The van der Waals surface area contributed by atoms with Crippen molar-refractivity contribution < 1.29 is 4.42 Å². The molecule has 0 bridgehead atoms. The Morgan fingerprint density at radius 3 is 2.32 bits per heavy atom. The van der Waals surface area contributed by atoms with E-state index in [1.54, 1.807) is 0 Å². The number of benzene rings is 1. The maximum atomic E-state index is 6.04. The Labute approximate surface area is 132 Å². The molecule has 0 saturated heterocycles. The highest BCUT2D eigenvalue weighted by atomic mass is 79.9. The van der Waals surface area contributed by atoms with Gasteiger partial charge in [0.25, 0.3) is 0 Å². The molecule has 0 fully saturated rings. The maximum absolute atomic E-state index is 6.04. The van der Waals surface area contributed by atoms with E-state index in [0.29, 0.717) is 10.0 Å². The highest BCUT2D eigenvalue weighted by Gasteiger charge is 2.19. The molecule has 0 spiro atoms. The van der Waals surface area contributed by atoms with E-state index in [2.05, 4.69) is 22.9 Å². The molecule has 0 radical (unpaired) electrons. The van der Waals surface area contributed by atoms with Crippen molar-refractivity contribution in [3.05, 3.63) is 56.5 Å². The van der Waals surface area contributed by atoms with Gasteiger partial charge in [0.05, 0.1) is 10.0 Å². The molecular formula is C15H15BrCl2O. The Bertz CT molecular complexity index is 604. The van der Waals surface area contributed by atoms with Gasteiger partial charge >= 0.3 is 0 Å². The Morgan fingerprint density at radius 1 is 1.11 bits per heavy atom. The molecule has 0 aliphatic rings. The molecule has 1 aromatic carbocycles. The third kappa shape index (κ3) is 3.18. The molecule has 1 nitrogen and oxygen atoms in total. The number of furan rings is 1. The van der Waals surface area contributed by atoms with Crippen LogP contribution in [0.5, 0.6) is 0 Å². The Kier molecular flexibility index (Phi) is 4.65. The lowest BCUT2D eigenvalue weighted by Gasteiger charge is -2.11. The van der Waals surface area contributed by atoms with Crippen LogP contribution in [0.2, 0.25) is 10.0 Å². The monoisotopic (exact) mass is 360 g/mol. The lowest BCUT2D eigenvalue weighted by Crippen LogP contribution is -1.98. The van der Waals surface area contributed by atoms with Crippen molar-refractivity contribution in [1.29, 1.82) is 0 Å². The first-order valence-corrected chi connectivity index (χ1v) is 7.71. The van der Waals surface area contributed by atoms with Gasteiger partial charge in [-0.25, -0.2) is 0 Å². The number of hydrogen-bond acceptors (Lipinski definition) is 1. The van der Waals surface area contributed by atoms with Crippen LogP contribution in [-0.4, -0.2) is 0 Å². The van der Waals surface area contributed by atoms with Gasteiger partial charge in [-0.2, -0.15) is 0 Å². The van der Waals surface area contributed by atoms with Gasteiger partial charge in [-0.15, -0.1) is 0 Å². The van der Waals surface area contributed by atoms with Gasteiger partial charge < -0.3 is 4.42 Å². The van der Waals surface area contributed by atoms with Crippen LogP contribution in [0.25, 0.3) is 0 Å². The summed E-state index contributed by atoms with van der Waals surface area (Å²) < 4.78 is 5.67. The lowest BCUT2D eigenvalue weighted by atomic mass is 10.0. The second-order valence-corrected chi connectivity index (χ2v) is 6.59. The third-order valence-corrected chi connectivity index (χ3v) is 4.85. The first-order valence-electron chi connectivity index (χ1n) is 6.04. The molecule has 1 atom stereocenters. The van der Waals surface area contributed by atoms with Crippen molar-refractivity contribution in [2.75, 3.05) is 0 Å². The van der Waals surface area contributed by atoms with Crippen molar-refractivity contribution >= 4 is 39.1 Å². The number of alkyl halides is 1. The summed E-state index contributed by atoms with van der Waals surface area (Å²) in [7, 11) is 0. The van der Waals surface area contributed by atoms with Crippen LogP contribution >= 0.6 is 39.1 Å². The van der Waals surface area contributed by atoms with E-state index < -0.39 is 0 Å². The van der Waals surface area contributed by atoms with Gasteiger partial charge in [-0.1, -0.05) is 45.2 Å². The third-order valence-electron chi connectivity index (χ3n) is 3.33. The van der Waals surface area contributed by atoms with E-state index in [1.165, 1.54) is 11.1 Å². The zero-order valence-corrected chi connectivity index (χ0v) is 14.2. The fourth-order valence-electron chi connectivity index (χ4n) is 2.25. The molecule has 1 heterocycles. The van der Waals surface area contributed by atoms with E-state index in [4.69, 9.17) is 27.6 Å². The summed E-state index contributed by atoms with van der Waals surface area (Å²) in [6, 6.07) is 5.75. The number of aryl methyl sites for hydroxylation is 2. The molecule has 0 aliphatic heterocycles. The predicted octanol–water partition coefficient (Wildman–Crippen LogP) is 6.19. The molecule has 0 amide bonds. The average Bonchev–Trinajstić information content (AvgIpc) is 2.58. The molecule has 0 saturated carbocycles. The summed E-state index contributed by atoms with van der Waals surface area (Å²) >= 11 is 15.7. The SMILES string of the molecule is Cc1oc(C)c(C(Br)Cc2ccc(Cl)c(Cl)c2)c1C. The van der Waals surface area contributed by atoms with E-state index >= 15 is 0 Å². The quantitative estimate of drug-likeness (QED) is 0.594. The molecule has 0 aliphatic carbocycles. The van der Waals surface area contributed by atoms with E-state index in [1.807, 2.05) is 32.0 Å². The molecular weight excluding hydrogens is 347 g/mol. The Balaban J connectivity index is 2.25. The molecule has 19 heavy (non-hydrogen) atoms.